The number of hydrogen-bond donors (Lipinski definition) is 2. The smallest absolute Gasteiger partial charge is 0.407 e. The van der Waals surface area contributed by atoms with Crippen LogP contribution in [0.2, 0.25) is 5.02 Å². The number of aryl methyl sites for hydroxylation is 2. The lowest BCUT2D eigenvalue weighted by Crippen LogP contribution is -2.40. The molecule has 7 nitrogen and oxygen atoms in total. The quantitative estimate of drug-likeness (QED) is 0.300. The van der Waals surface area contributed by atoms with Gasteiger partial charge in [0, 0.05) is 33.1 Å². The minimum Gasteiger partial charge on any atom is -0.488 e. The highest BCUT2D eigenvalue weighted by Crippen LogP contribution is 2.35. The van der Waals surface area contributed by atoms with Crippen molar-refractivity contribution in [2.45, 2.75) is 73.6 Å². The van der Waals surface area contributed by atoms with Crippen molar-refractivity contribution in [1.29, 1.82) is 0 Å². The molecule has 0 unspecified atom stereocenters. The number of ether oxygens (including phenoxy) is 2. The number of amides is 2. The molecule has 8 heteroatoms. The van der Waals surface area contributed by atoms with Gasteiger partial charge in [0.05, 0.1) is 5.56 Å². The molecular formula is C31H38ClN3O4. The lowest BCUT2D eigenvalue weighted by atomic mass is 9.90. The molecule has 0 fully saturated rings. The number of nitrogens with zero attached hydrogens (tertiary/aromatic N) is 1. The first-order valence-corrected chi connectivity index (χ1v) is 13.4. The first-order valence-electron chi connectivity index (χ1n) is 13.0. The highest BCUT2D eigenvalue weighted by molar-refractivity contribution is 6.31. The van der Waals surface area contributed by atoms with Crippen LogP contribution in [0.15, 0.2) is 42.5 Å². The van der Waals surface area contributed by atoms with Crippen LogP contribution >= 0.6 is 11.6 Å². The van der Waals surface area contributed by atoms with Gasteiger partial charge in [0.15, 0.2) is 0 Å². The monoisotopic (exact) mass is 551 g/mol. The zero-order chi connectivity index (χ0) is 28.9. The van der Waals surface area contributed by atoms with E-state index in [1.54, 1.807) is 12.1 Å². The largest absolute Gasteiger partial charge is 0.488 e. The number of rotatable bonds is 9. The summed E-state index contributed by atoms with van der Waals surface area (Å²) in [7, 11) is 0. The van der Waals surface area contributed by atoms with Crippen molar-refractivity contribution in [3.05, 3.63) is 81.1 Å². The number of benzene rings is 2. The first kappa shape index (κ1) is 30.0. The van der Waals surface area contributed by atoms with Crippen LogP contribution in [-0.4, -0.2) is 22.5 Å². The van der Waals surface area contributed by atoms with E-state index in [0.717, 1.165) is 39.2 Å². The molecule has 3 N–H and O–H groups in total. The molecule has 0 atom stereocenters. The molecule has 3 rings (SSSR count). The van der Waals surface area contributed by atoms with Gasteiger partial charge >= 0.3 is 6.09 Å². The molecule has 0 spiro atoms. The van der Waals surface area contributed by atoms with E-state index in [0.29, 0.717) is 23.1 Å². The number of nitrogens with one attached hydrogen (secondary N) is 1. The van der Waals surface area contributed by atoms with Gasteiger partial charge in [0.1, 0.15) is 19.0 Å². The fourth-order valence-corrected chi connectivity index (χ4v) is 4.42. The van der Waals surface area contributed by atoms with Crippen LogP contribution in [0, 0.1) is 19.8 Å². The first-order chi connectivity index (χ1) is 18.2. The number of pyridine rings is 1. The molecule has 0 saturated heterocycles. The minimum atomic E-state index is -0.632. The number of primary amides is 1. The Hall–Kier alpha value is -3.58. The Morgan fingerprint density at radius 2 is 1.69 bits per heavy atom. The minimum absolute atomic E-state index is 0.0426. The number of carbonyl (C=O) groups excluding carboxylic acids is 2. The fraction of sp³-hybridized carbons (Fsp3) is 0.387. The molecule has 2 amide bonds. The van der Waals surface area contributed by atoms with Crippen molar-refractivity contribution in [3.8, 4) is 16.9 Å². The predicted octanol–water partition coefficient (Wildman–Crippen LogP) is 6.92. The summed E-state index contributed by atoms with van der Waals surface area (Å²) >= 11 is 6.08. The van der Waals surface area contributed by atoms with Gasteiger partial charge in [-0.1, -0.05) is 55.3 Å². The van der Waals surface area contributed by atoms with Gasteiger partial charge < -0.3 is 20.5 Å². The van der Waals surface area contributed by atoms with Crippen LogP contribution in [0.3, 0.4) is 0 Å². The average Bonchev–Trinajstić information content (AvgIpc) is 2.82. The SMILES string of the molecule is Cc1ccc(-c2c(COc3ccc(Cl)cc3C(N)=O)c(C)nc(CC(C)C)c2COC(=O)NC(C)(C)C)cc1. The summed E-state index contributed by atoms with van der Waals surface area (Å²) in [6, 6.07) is 12.9. The van der Waals surface area contributed by atoms with E-state index in [-0.39, 0.29) is 18.8 Å². The Bertz CT molecular complexity index is 1350. The molecule has 0 saturated carbocycles. The van der Waals surface area contributed by atoms with Crippen molar-refractivity contribution >= 4 is 23.6 Å². The maximum atomic E-state index is 12.6. The van der Waals surface area contributed by atoms with E-state index < -0.39 is 17.5 Å². The van der Waals surface area contributed by atoms with Crippen molar-refractivity contribution in [2.75, 3.05) is 0 Å². The molecule has 0 aliphatic heterocycles. The molecule has 2 aromatic carbocycles. The third-order valence-electron chi connectivity index (χ3n) is 6.04. The normalized spacial score (nSPS) is 11.4. The van der Waals surface area contributed by atoms with E-state index in [2.05, 4.69) is 19.2 Å². The molecule has 208 valence electrons. The second-order valence-corrected chi connectivity index (χ2v) is 11.6. The van der Waals surface area contributed by atoms with Gasteiger partial charge in [-0.3, -0.25) is 9.78 Å². The molecule has 3 aromatic rings. The summed E-state index contributed by atoms with van der Waals surface area (Å²) < 4.78 is 11.9. The second kappa shape index (κ2) is 12.5. The second-order valence-electron chi connectivity index (χ2n) is 11.2. The van der Waals surface area contributed by atoms with Gasteiger partial charge in [-0.25, -0.2) is 4.79 Å². The average molecular weight is 552 g/mol. The van der Waals surface area contributed by atoms with Crippen LogP contribution in [-0.2, 0) is 24.4 Å². The van der Waals surface area contributed by atoms with Crippen LogP contribution in [0.5, 0.6) is 5.75 Å². The highest BCUT2D eigenvalue weighted by atomic mass is 35.5. The molecule has 0 aliphatic rings. The number of alkyl carbamates (subject to hydrolysis) is 1. The van der Waals surface area contributed by atoms with E-state index >= 15 is 0 Å². The lowest BCUT2D eigenvalue weighted by molar-refractivity contribution is 0.0995. The maximum absolute atomic E-state index is 12.6. The van der Waals surface area contributed by atoms with Gasteiger partial charge in [-0.15, -0.1) is 0 Å². The summed E-state index contributed by atoms with van der Waals surface area (Å²) in [6.45, 7) is 14.1. The summed E-state index contributed by atoms with van der Waals surface area (Å²) in [5.41, 5.74) is 11.6. The summed E-state index contributed by atoms with van der Waals surface area (Å²) in [5, 5.41) is 3.24. The summed E-state index contributed by atoms with van der Waals surface area (Å²) in [4.78, 5) is 29.6. The molecule has 0 aliphatic carbocycles. The number of halogens is 1. The fourth-order valence-electron chi connectivity index (χ4n) is 4.25. The Morgan fingerprint density at radius 3 is 2.28 bits per heavy atom. The number of aromatic nitrogens is 1. The Balaban J connectivity index is 2.14. The van der Waals surface area contributed by atoms with Crippen LogP contribution in [0.25, 0.3) is 11.1 Å². The number of nitrogens with two attached hydrogens (primary N) is 1. The van der Waals surface area contributed by atoms with Crippen molar-refractivity contribution in [2.24, 2.45) is 11.7 Å². The topological polar surface area (TPSA) is 104 Å². The molecule has 1 aromatic heterocycles. The third-order valence-corrected chi connectivity index (χ3v) is 6.27. The zero-order valence-corrected chi connectivity index (χ0v) is 24.5. The van der Waals surface area contributed by atoms with E-state index in [9.17, 15) is 9.59 Å². The highest BCUT2D eigenvalue weighted by Gasteiger charge is 2.23. The predicted molar refractivity (Wildman–Crippen MR) is 155 cm³/mol. The molecule has 39 heavy (non-hydrogen) atoms. The van der Waals surface area contributed by atoms with Gasteiger partial charge in [0.25, 0.3) is 5.91 Å². The summed E-state index contributed by atoms with van der Waals surface area (Å²) in [5.74, 6) is 0.0290. The standard InChI is InChI=1S/C31H38ClN3O4/c1-18(2)14-26-25(17-39-30(37)35-31(5,6)7)28(21-10-8-19(3)9-11-21)24(20(4)34-26)16-38-27-13-12-22(32)15-23(27)29(33)36/h8-13,15,18H,14,16-17H2,1-7H3,(H2,33,36)(H,35,37). The molecule has 1 heterocycles. The van der Waals surface area contributed by atoms with Crippen molar-refractivity contribution in [3.63, 3.8) is 0 Å². The number of carbonyl (C=O) groups is 2. The maximum Gasteiger partial charge on any atom is 0.407 e. The Kier molecular flexibility index (Phi) is 9.62. The van der Waals surface area contributed by atoms with E-state index in [1.807, 2.05) is 58.9 Å². The lowest BCUT2D eigenvalue weighted by Gasteiger charge is -2.24. The molecule has 0 radical (unpaired) electrons. The van der Waals surface area contributed by atoms with Gasteiger partial charge in [-0.05, 0) is 76.3 Å². The summed E-state index contributed by atoms with van der Waals surface area (Å²) in [6.07, 6.45) is 0.210. The zero-order valence-electron chi connectivity index (χ0n) is 23.8. The van der Waals surface area contributed by atoms with Crippen LogP contribution in [0.4, 0.5) is 4.79 Å². The molecule has 0 bridgehead atoms. The van der Waals surface area contributed by atoms with Gasteiger partial charge in [0.2, 0.25) is 0 Å². The van der Waals surface area contributed by atoms with Crippen molar-refractivity contribution in [1.82, 2.24) is 10.3 Å². The van der Waals surface area contributed by atoms with E-state index in [1.165, 1.54) is 6.07 Å². The van der Waals surface area contributed by atoms with Crippen LogP contribution in [0.1, 0.15) is 73.1 Å². The van der Waals surface area contributed by atoms with Crippen LogP contribution < -0.4 is 15.8 Å². The van der Waals surface area contributed by atoms with Crippen molar-refractivity contribution < 1.29 is 19.1 Å². The third kappa shape index (κ3) is 8.20. The Morgan fingerprint density at radius 1 is 1.03 bits per heavy atom. The van der Waals surface area contributed by atoms with Gasteiger partial charge in [-0.2, -0.15) is 0 Å². The molecular weight excluding hydrogens is 514 g/mol. The number of hydrogen-bond acceptors (Lipinski definition) is 5. The Labute approximate surface area is 236 Å². The van der Waals surface area contributed by atoms with E-state index in [4.69, 9.17) is 31.8 Å².